The van der Waals surface area contributed by atoms with Gasteiger partial charge in [0.2, 0.25) is 0 Å². The number of piperazine rings is 1. The number of carbonyl (C=O) groups excluding carboxylic acids is 2. The van der Waals surface area contributed by atoms with Gasteiger partial charge < -0.3 is 14.5 Å². The molecule has 1 aliphatic heterocycles. The van der Waals surface area contributed by atoms with Gasteiger partial charge in [0, 0.05) is 38.6 Å². The fraction of sp³-hybridized carbons (Fsp3) is 0.471. The zero-order valence-corrected chi connectivity index (χ0v) is 13.5. The average Bonchev–Trinajstić information content (AvgIpc) is 2.61. The van der Waals surface area contributed by atoms with Crippen LogP contribution in [0.3, 0.4) is 0 Å². The second kappa shape index (κ2) is 8.43. The maximum Gasteiger partial charge on any atom is 0.255 e. The van der Waals surface area contributed by atoms with Crippen molar-refractivity contribution in [2.24, 2.45) is 0 Å². The van der Waals surface area contributed by atoms with Crippen molar-refractivity contribution in [1.82, 2.24) is 14.8 Å². The second-order valence-electron chi connectivity index (χ2n) is 5.45. The molecule has 2 amide bonds. The summed E-state index contributed by atoms with van der Waals surface area (Å²) in [4.78, 5) is 32.1. The molecule has 0 N–H and O–H groups in total. The zero-order valence-electron chi connectivity index (χ0n) is 13.5. The normalized spacial score (nSPS) is 16.0. The molecule has 1 fully saturated rings. The topological polar surface area (TPSA) is 62.7 Å². The summed E-state index contributed by atoms with van der Waals surface area (Å²) in [5.41, 5.74) is 0.577. The van der Waals surface area contributed by atoms with Crippen molar-refractivity contribution in [1.29, 1.82) is 0 Å². The van der Waals surface area contributed by atoms with Gasteiger partial charge in [0.15, 0.2) is 0 Å². The fourth-order valence-corrected chi connectivity index (χ4v) is 2.46. The van der Waals surface area contributed by atoms with Gasteiger partial charge in [0.05, 0.1) is 12.2 Å². The van der Waals surface area contributed by atoms with Gasteiger partial charge in [-0.2, -0.15) is 0 Å². The molecule has 1 saturated heterocycles. The number of hydrogen-bond acceptors (Lipinski definition) is 4. The van der Waals surface area contributed by atoms with Crippen molar-refractivity contribution < 1.29 is 14.3 Å². The van der Waals surface area contributed by atoms with Crippen molar-refractivity contribution in [3.05, 3.63) is 42.7 Å². The highest BCUT2D eigenvalue weighted by atomic mass is 16.5. The minimum Gasteiger partial charge on any atom is -0.368 e. The van der Waals surface area contributed by atoms with Crippen LogP contribution in [-0.4, -0.2) is 65.5 Å². The number of amides is 2. The summed E-state index contributed by atoms with van der Waals surface area (Å²) in [6, 6.07) is 3.50. The first-order valence-corrected chi connectivity index (χ1v) is 7.84. The number of carbonyl (C=O) groups is 2. The number of ether oxygens (including phenoxy) is 1. The van der Waals surface area contributed by atoms with Crippen LogP contribution >= 0.6 is 0 Å². The van der Waals surface area contributed by atoms with Gasteiger partial charge in [0.1, 0.15) is 6.10 Å². The second-order valence-corrected chi connectivity index (χ2v) is 5.45. The lowest BCUT2D eigenvalue weighted by Gasteiger charge is -2.35. The van der Waals surface area contributed by atoms with Crippen molar-refractivity contribution in [2.75, 3.05) is 32.8 Å². The number of hydrogen-bond donors (Lipinski definition) is 0. The first-order chi connectivity index (χ1) is 11.1. The van der Waals surface area contributed by atoms with Crippen molar-refractivity contribution in [3.8, 4) is 0 Å². The van der Waals surface area contributed by atoms with Gasteiger partial charge in [-0.3, -0.25) is 14.6 Å². The Hall–Kier alpha value is -2.21. The van der Waals surface area contributed by atoms with E-state index in [1.54, 1.807) is 47.3 Å². The van der Waals surface area contributed by atoms with E-state index in [-0.39, 0.29) is 11.8 Å². The summed E-state index contributed by atoms with van der Waals surface area (Å²) < 4.78 is 5.49. The lowest BCUT2D eigenvalue weighted by Crippen LogP contribution is -2.52. The summed E-state index contributed by atoms with van der Waals surface area (Å²) in [6.45, 7) is 7.99. The van der Waals surface area contributed by atoms with Gasteiger partial charge in [-0.1, -0.05) is 6.08 Å². The van der Waals surface area contributed by atoms with Crippen LogP contribution in [0.1, 0.15) is 23.7 Å². The van der Waals surface area contributed by atoms with Crippen LogP contribution in [0.5, 0.6) is 0 Å². The van der Waals surface area contributed by atoms with E-state index >= 15 is 0 Å². The van der Waals surface area contributed by atoms with Gasteiger partial charge in [-0.25, -0.2) is 0 Å². The monoisotopic (exact) mass is 317 g/mol. The average molecular weight is 317 g/mol. The predicted molar refractivity (Wildman–Crippen MR) is 86.9 cm³/mol. The summed E-state index contributed by atoms with van der Waals surface area (Å²) in [6.07, 6.45) is 5.23. The Morgan fingerprint density at radius 3 is 2.65 bits per heavy atom. The van der Waals surface area contributed by atoms with E-state index in [0.29, 0.717) is 38.3 Å². The maximum atomic E-state index is 12.3. The molecule has 23 heavy (non-hydrogen) atoms. The Labute approximate surface area is 136 Å². The number of aromatic nitrogens is 1. The Bertz CT molecular complexity index is 539. The van der Waals surface area contributed by atoms with Crippen molar-refractivity contribution in [2.45, 2.75) is 19.4 Å². The van der Waals surface area contributed by atoms with E-state index in [9.17, 15) is 9.59 Å². The van der Waals surface area contributed by atoms with Crippen LogP contribution in [0.15, 0.2) is 37.2 Å². The lowest BCUT2D eigenvalue weighted by atomic mass is 10.2. The highest BCUT2D eigenvalue weighted by molar-refractivity contribution is 5.94. The third kappa shape index (κ3) is 4.63. The Balaban J connectivity index is 1.82. The number of pyridine rings is 1. The molecule has 6 nitrogen and oxygen atoms in total. The molecular formula is C17H23N3O3. The van der Waals surface area contributed by atoms with Gasteiger partial charge in [-0.05, 0) is 25.5 Å². The smallest absolute Gasteiger partial charge is 0.255 e. The van der Waals surface area contributed by atoms with Crippen LogP contribution in [0.25, 0.3) is 0 Å². The predicted octanol–water partition coefficient (Wildman–Crippen LogP) is 1.35. The zero-order chi connectivity index (χ0) is 16.7. The Morgan fingerprint density at radius 1 is 1.35 bits per heavy atom. The van der Waals surface area contributed by atoms with Gasteiger partial charge >= 0.3 is 0 Å². The van der Waals surface area contributed by atoms with Crippen molar-refractivity contribution >= 4 is 11.8 Å². The SMILES string of the molecule is C=CCCOC(C)C(=O)N1CCN(C(=O)c2cccnc2)CC1. The molecule has 1 aliphatic rings. The third-order valence-corrected chi connectivity index (χ3v) is 3.82. The lowest BCUT2D eigenvalue weighted by molar-refractivity contribution is -0.144. The minimum atomic E-state index is -0.462. The molecule has 0 bridgehead atoms. The quantitative estimate of drug-likeness (QED) is 0.587. The molecule has 0 aromatic carbocycles. The number of nitrogens with zero attached hydrogens (tertiary/aromatic N) is 3. The molecule has 1 aromatic rings. The Morgan fingerprint density at radius 2 is 2.04 bits per heavy atom. The molecule has 1 atom stereocenters. The summed E-state index contributed by atoms with van der Waals surface area (Å²) >= 11 is 0. The van der Waals surface area contributed by atoms with Crippen LogP contribution in [-0.2, 0) is 9.53 Å². The standard InChI is InChI=1S/C17H23N3O3/c1-3-4-12-23-14(2)16(21)19-8-10-20(11-9-19)17(22)15-6-5-7-18-13-15/h3,5-7,13-14H,1,4,8-12H2,2H3. The summed E-state index contributed by atoms with van der Waals surface area (Å²) in [7, 11) is 0. The largest absolute Gasteiger partial charge is 0.368 e. The Kier molecular flexibility index (Phi) is 6.29. The van der Waals surface area contributed by atoms with E-state index in [1.807, 2.05) is 0 Å². The van der Waals surface area contributed by atoms with Gasteiger partial charge in [-0.15, -0.1) is 6.58 Å². The van der Waals surface area contributed by atoms with E-state index in [1.165, 1.54) is 0 Å². The van der Waals surface area contributed by atoms with Crippen LogP contribution < -0.4 is 0 Å². The van der Waals surface area contributed by atoms with Crippen LogP contribution in [0.2, 0.25) is 0 Å². The van der Waals surface area contributed by atoms with E-state index < -0.39 is 6.10 Å². The molecule has 6 heteroatoms. The molecule has 0 saturated carbocycles. The van der Waals surface area contributed by atoms with E-state index in [2.05, 4.69) is 11.6 Å². The summed E-state index contributed by atoms with van der Waals surface area (Å²) in [5.74, 6) is -0.0666. The highest BCUT2D eigenvalue weighted by Crippen LogP contribution is 2.10. The van der Waals surface area contributed by atoms with E-state index in [0.717, 1.165) is 6.42 Å². The molecule has 124 valence electrons. The molecule has 0 aliphatic carbocycles. The fourth-order valence-electron chi connectivity index (χ4n) is 2.46. The molecule has 0 spiro atoms. The first-order valence-electron chi connectivity index (χ1n) is 7.84. The van der Waals surface area contributed by atoms with Gasteiger partial charge in [0.25, 0.3) is 11.8 Å². The minimum absolute atomic E-state index is 0.0254. The molecule has 1 aromatic heterocycles. The maximum absolute atomic E-state index is 12.3. The number of rotatable bonds is 6. The molecular weight excluding hydrogens is 294 g/mol. The molecule has 2 heterocycles. The highest BCUT2D eigenvalue weighted by Gasteiger charge is 2.27. The molecule has 2 rings (SSSR count). The summed E-state index contributed by atoms with van der Waals surface area (Å²) in [5, 5.41) is 0. The third-order valence-electron chi connectivity index (χ3n) is 3.82. The van der Waals surface area contributed by atoms with Crippen LogP contribution in [0, 0.1) is 0 Å². The first kappa shape index (κ1) is 17.1. The van der Waals surface area contributed by atoms with Crippen LogP contribution in [0.4, 0.5) is 0 Å². The molecule has 1 unspecified atom stereocenters. The van der Waals surface area contributed by atoms with Crippen molar-refractivity contribution in [3.63, 3.8) is 0 Å². The molecule has 0 radical (unpaired) electrons. The van der Waals surface area contributed by atoms with E-state index in [4.69, 9.17) is 4.74 Å².